The van der Waals surface area contributed by atoms with E-state index in [1.54, 1.807) is 4.57 Å². The van der Waals surface area contributed by atoms with Crippen molar-refractivity contribution in [1.29, 1.82) is 0 Å². The number of benzene rings is 1. The van der Waals surface area contributed by atoms with Crippen molar-refractivity contribution in [2.75, 3.05) is 25.4 Å². The minimum atomic E-state index is -0.0449. The van der Waals surface area contributed by atoms with E-state index in [-0.39, 0.29) is 23.3 Å². The zero-order valence-corrected chi connectivity index (χ0v) is 17.6. The first-order valence-electron chi connectivity index (χ1n) is 9.71. The summed E-state index contributed by atoms with van der Waals surface area (Å²) in [4.78, 5) is 31.2. The molecule has 1 heterocycles. The fourth-order valence-corrected chi connectivity index (χ4v) is 3.88. The Labute approximate surface area is 165 Å². The molecule has 0 aliphatic heterocycles. The lowest BCUT2D eigenvalue weighted by Crippen LogP contribution is -3.11. The minimum absolute atomic E-state index is 0.0260. The molecule has 1 aromatic heterocycles. The van der Waals surface area contributed by atoms with Crippen LogP contribution in [0.5, 0.6) is 0 Å². The summed E-state index contributed by atoms with van der Waals surface area (Å²) < 4.78 is 1.73. The van der Waals surface area contributed by atoms with Crippen molar-refractivity contribution in [3.63, 3.8) is 0 Å². The van der Waals surface area contributed by atoms with Gasteiger partial charge in [0.15, 0.2) is 5.16 Å². The summed E-state index contributed by atoms with van der Waals surface area (Å²) in [5.74, 6) is 0.209. The summed E-state index contributed by atoms with van der Waals surface area (Å²) in [6.07, 6.45) is 0.905. The standard InChI is InChI=1S/C20H30N4O2S/c1-5-23(6-2)12-9-13-24-19(26)16-10-7-8-11-17(16)22-20(24)27-14-18(25)21-15(3)4/h7-8,10-11,15H,5-6,9,12-14H2,1-4H3,(H,21,25)/p+1. The molecular weight excluding hydrogens is 360 g/mol. The van der Waals surface area contributed by atoms with Gasteiger partial charge in [-0.05, 0) is 39.8 Å². The van der Waals surface area contributed by atoms with Crippen molar-refractivity contribution >= 4 is 28.6 Å². The number of carbonyl (C=O) groups is 1. The van der Waals surface area contributed by atoms with Crippen molar-refractivity contribution in [2.45, 2.75) is 51.9 Å². The number of hydrogen-bond donors (Lipinski definition) is 2. The molecule has 0 aliphatic rings. The molecule has 0 radical (unpaired) electrons. The Balaban J connectivity index is 2.24. The normalized spacial score (nSPS) is 11.5. The molecule has 7 heteroatoms. The molecule has 2 N–H and O–H groups in total. The van der Waals surface area contributed by atoms with E-state index in [1.165, 1.54) is 16.7 Å². The van der Waals surface area contributed by atoms with Crippen molar-refractivity contribution in [3.05, 3.63) is 34.6 Å². The molecule has 2 rings (SSSR count). The quantitative estimate of drug-likeness (QED) is 0.474. The van der Waals surface area contributed by atoms with Gasteiger partial charge in [0.25, 0.3) is 5.56 Å². The molecule has 0 bridgehead atoms. The fourth-order valence-electron chi connectivity index (χ4n) is 3.04. The van der Waals surface area contributed by atoms with Crippen LogP contribution in [0.3, 0.4) is 0 Å². The van der Waals surface area contributed by atoms with Gasteiger partial charge in [-0.2, -0.15) is 0 Å². The third-order valence-corrected chi connectivity index (χ3v) is 5.50. The van der Waals surface area contributed by atoms with Crippen molar-refractivity contribution in [1.82, 2.24) is 14.9 Å². The van der Waals surface area contributed by atoms with E-state index in [4.69, 9.17) is 0 Å². The average molecular weight is 392 g/mol. The van der Waals surface area contributed by atoms with Crippen molar-refractivity contribution in [2.24, 2.45) is 0 Å². The topological polar surface area (TPSA) is 68.4 Å². The molecule has 0 atom stereocenters. The summed E-state index contributed by atoms with van der Waals surface area (Å²) in [6.45, 7) is 12.0. The first kappa shape index (κ1) is 21.4. The number of amides is 1. The van der Waals surface area contributed by atoms with Gasteiger partial charge >= 0.3 is 0 Å². The van der Waals surface area contributed by atoms with E-state index in [9.17, 15) is 9.59 Å². The zero-order chi connectivity index (χ0) is 19.8. The van der Waals surface area contributed by atoms with Crippen LogP contribution in [-0.4, -0.2) is 46.9 Å². The summed E-state index contributed by atoms with van der Waals surface area (Å²) in [6, 6.07) is 7.50. The Morgan fingerprint density at radius 3 is 2.63 bits per heavy atom. The van der Waals surface area contributed by atoms with Crippen LogP contribution in [0, 0.1) is 0 Å². The molecule has 0 saturated heterocycles. The van der Waals surface area contributed by atoms with Crippen LogP contribution in [0.4, 0.5) is 0 Å². The van der Waals surface area contributed by atoms with E-state index in [2.05, 4.69) is 24.1 Å². The summed E-state index contributed by atoms with van der Waals surface area (Å²) in [5, 5.41) is 4.13. The largest absolute Gasteiger partial charge is 0.353 e. The van der Waals surface area contributed by atoms with Crippen LogP contribution in [-0.2, 0) is 11.3 Å². The minimum Gasteiger partial charge on any atom is -0.353 e. The molecule has 0 saturated carbocycles. The molecule has 6 nitrogen and oxygen atoms in total. The highest BCUT2D eigenvalue weighted by atomic mass is 32.2. The predicted molar refractivity (Wildman–Crippen MR) is 112 cm³/mol. The van der Waals surface area contributed by atoms with E-state index >= 15 is 0 Å². The SMILES string of the molecule is CC[NH+](CC)CCCn1c(SCC(=O)NC(C)C)nc2ccccc2c1=O. The molecular formula is C20H31N4O2S+. The number of nitrogens with zero attached hydrogens (tertiary/aromatic N) is 2. The van der Waals surface area contributed by atoms with Gasteiger partial charge in [0.2, 0.25) is 5.91 Å². The average Bonchev–Trinajstić information content (AvgIpc) is 2.65. The van der Waals surface area contributed by atoms with Gasteiger partial charge in [-0.15, -0.1) is 0 Å². The first-order valence-corrected chi connectivity index (χ1v) is 10.7. The molecule has 1 amide bonds. The number of aromatic nitrogens is 2. The summed E-state index contributed by atoms with van der Waals surface area (Å²) in [5.41, 5.74) is 0.654. The highest BCUT2D eigenvalue weighted by molar-refractivity contribution is 7.99. The first-order chi connectivity index (χ1) is 13.0. The Morgan fingerprint density at radius 2 is 1.96 bits per heavy atom. The van der Waals surface area contributed by atoms with Gasteiger partial charge < -0.3 is 10.2 Å². The maximum Gasteiger partial charge on any atom is 0.262 e. The molecule has 0 spiro atoms. The number of fused-ring (bicyclic) bond motifs is 1. The fraction of sp³-hybridized carbons (Fsp3) is 0.550. The number of nitrogens with one attached hydrogen (secondary N) is 2. The van der Waals surface area contributed by atoms with Crippen molar-refractivity contribution < 1.29 is 9.69 Å². The number of thioether (sulfide) groups is 1. The van der Waals surface area contributed by atoms with E-state index in [0.29, 0.717) is 22.6 Å². The molecule has 2 aromatic rings. The smallest absolute Gasteiger partial charge is 0.262 e. The number of para-hydroxylation sites is 1. The second-order valence-electron chi connectivity index (χ2n) is 6.94. The van der Waals surface area contributed by atoms with E-state index in [0.717, 1.165) is 26.1 Å². The molecule has 27 heavy (non-hydrogen) atoms. The van der Waals surface area contributed by atoms with Crippen molar-refractivity contribution in [3.8, 4) is 0 Å². The summed E-state index contributed by atoms with van der Waals surface area (Å²) in [7, 11) is 0. The Hall–Kier alpha value is -1.86. The third kappa shape index (κ3) is 6.07. The van der Waals surface area contributed by atoms with E-state index in [1.807, 2.05) is 38.1 Å². The Morgan fingerprint density at radius 1 is 1.26 bits per heavy atom. The monoisotopic (exact) mass is 391 g/mol. The van der Waals surface area contributed by atoms with Crippen LogP contribution < -0.4 is 15.8 Å². The second-order valence-corrected chi connectivity index (χ2v) is 7.88. The molecule has 0 aliphatic carbocycles. The van der Waals surface area contributed by atoms with Gasteiger partial charge in [0.1, 0.15) is 0 Å². The number of hydrogen-bond acceptors (Lipinski definition) is 4. The number of quaternary nitrogens is 1. The number of rotatable bonds is 10. The van der Waals surface area contributed by atoms with Crippen LogP contribution >= 0.6 is 11.8 Å². The van der Waals surface area contributed by atoms with E-state index < -0.39 is 0 Å². The second kappa shape index (κ2) is 10.5. The van der Waals surface area contributed by atoms with Gasteiger partial charge in [-0.25, -0.2) is 4.98 Å². The number of carbonyl (C=O) groups excluding carboxylic acids is 1. The highest BCUT2D eigenvalue weighted by Crippen LogP contribution is 2.18. The van der Waals surface area contributed by atoms with Gasteiger partial charge in [-0.1, -0.05) is 23.9 Å². The predicted octanol–water partition coefficient (Wildman–Crippen LogP) is 1.33. The molecule has 0 fully saturated rings. The van der Waals surface area contributed by atoms with Crippen LogP contribution in [0.2, 0.25) is 0 Å². The summed E-state index contributed by atoms with van der Waals surface area (Å²) >= 11 is 1.33. The molecule has 1 aromatic carbocycles. The Kier molecular flexibility index (Phi) is 8.31. The maximum absolute atomic E-state index is 13.0. The van der Waals surface area contributed by atoms with Crippen LogP contribution in [0.1, 0.15) is 34.1 Å². The zero-order valence-electron chi connectivity index (χ0n) is 16.7. The highest BCUT2D eigenvalue weighted by Gasteiger charge is 2.14. The van der Waals surface area contributed by atoms with Gasteiger partial charge in [0.05, 0.1) is 36.3 Å². The lowest BCUT2D eigenvalue weighted by Gasteiger charge is -2.17. The Bertz CT molecular complexity index is 815. The molecule has 0 unspecified atom stereocenters. The lowest BCUT2D eigenvalue weighted by molar-refractivity contribution is -0.896. The molecule has 148 valence electrons. The van der Waals surface area contributed by atoms with Crippen LogP contribution in [0.25, 0.3) is 10.9 Å². The third-order valence-electron chi connectivity index (χ3n) is 4.52. The van der Waals surface area contributed by atoms with Crippen LogP contribution in [0.15, 0.2) is 34.2 Å². The maximum atomic E-state index is 13.0. The van der Waals surface area contributed by atoms with Gasteiger partial charge in [-0.3, -0.25) is 14.2 Å². The lowest BCUT2D eigenvalue weighted by atomic mass is 10.2. The van der Waals surface area contributed by atoms with Gasteiger partial charge in [0, 0.05) is 19.0 Å².